The first-order chi connectivity index (χ1) is 11.5. The third-order valence-corrected chi connectivity index (χ3v) is 6.13. The predicted molar refractivity (Wildman–Crippen MR) is 102 cm³/mol. The number of rotatable bonds is 2. The first kappa shape index (κ1) is 15.3. The predicted octanol–water partition coefficient (Wildman–Crippen LogP) is 4.71. The summed E-state index contributed by atoms with van der Waals surface area (Å²) < 4.78 is 5.89. The summed E-state index contributed by atoms with van der Waals surface area (Å²) in [5.74, 6) is 1.69. The molecule has 0 aliphatic rings. The van der Waals surface area contributed by atoms with Crippen molar-refractivity contribution in [2.24, 2.45) is 14.1 Å². The van der Waals surface area contributed by atoms with Gasteiger partial charge < -0.3 is 0 Å². The Bertz CT molecular complexity index is 1030. The Kier molecular flexibility index (Phi) is 3.46. The molecule has 4 rings (SSSR count). The lowest BCUT2D eigenvalue weighted by Crippen LogP contribution is -2.30. The molecular formula is C20H22N3S+. The average molecular weight is 336 g/mol. The van der Waals surface area contributed by atoms with Gasteiger partial charge in [-0.2, -0.15) is 0 Å². The van der Waals surface area contributed by atoms with Crippen molar-refractivity contribution in [1.29, 1.82) is 0 Å². The van der Waals surface area contributed by atoms with Crippen molar-refractivity contribution < 1.29 is 4.57 Å². The molecule has 24 heavy (non-hydrogen) atoms. The average Bonchev–Trinajstić information content (AvgIpc) is 3.10. The van der Waals surface area contributed by atoms with Gasteiger partial charge in [0.05, 0.1) is 34.9 Å². The third-order valence-electron chi connectivity index (χ3n) is 4.74. The van der Waals surface area contributed by atoms with Gasteiger partial charge in [0.1, 0.15) is 0 Å². The van der Waals surface area contributed by atoms with Crippen LogP contribution in [0.25, 0.3) is 32.6 Å². The highest BCUT2D eigenvalue weighted by Crippen LogP contribution is 2.37. The standard InChI is InChI=1S/C20H22N3S/c1-12(2)19-21-14-11-10-13(3)17(18(14)24-19)20-22(4)15-8-6-7-9-16(15)23(20)5/h6-12H,1-5H3/q+1. The second kappa shape index (κ2) is 5.42. The maximum atomic E-state index is 4.85. The van der Waals surface area contributed by atoms with Gasteiger partial charge in [0.2, 0.25) is 0 Å². The number of aryl methyl sites for hydroxylation is 3. The van der Waals surface area contributed by atoms with Gasteiger partial charge in [0.25, 0.3) is 5.82 Å². The second-order valence-corrected chi connectivity index (χ2v) is 7.77. The zero-order chi connectivity index (χ0) is 17.0. The molecule has 0 radical (unpaired) electrons. The molecule has 0 unspecified atom stereocenters. The van der Waals surface area contributed by atoms with Crippen molar-refractivity contribution in [3.8, 4) is 11.4 Å². The largest absolute Gasteiger partial charge is 0.291 e. The number of para-hydroxylation sites is 2. The van der Waals surface area contributed by atoms with Crippen molar-refractivity contribution in [1.82, 2.24) is 9.55 Å². The Hall–Kier alpha value is -2.20. The monoisotopic (exact) mass is 336 g/mol. The summed E-state index contributed by atoms with van der Waals surface area (Å²) >= 11 is 1.83. The Labute approximate surface area is 146 Å². The third kappa shape index (κ3) is 2.09. The van der Waals surface area contributed by atoms with Crippen molar-refractivity contribution in [2.45, 2.75) is 26.7 Å². The molecule has 0 N–H and O–H groups in total. The van der Waals surface area contributed by atoms with Crippen molar-refractivity contribution in [3.05, 3.63) is 47.0 Å². The van der Waals surface area contributed by atoms with E-state index in [0.29, 0.717) is 5.92 Å². The van der Waals surface area contributed by atoms with Crippen LogP contribution in [0.4, 0.5) is 0 Å². The van der Waals surface area contributed by atoms with Gasteiger partial charge in [0.15, 0.2) is 11.0 Å². The molecule has 2 aromatic carbocycles. The van der Waals surface area contributed by atoms with Crippen LogP contribution in [0.3, 0.4) is 0 Å². The van der Waals surface area contributed by atoms with Gasteiger partial charge in [-0.25, -0.2) is 14.1 Å². The van der Waals surface area contributed by atoms with Crippen LogP contribution < -0.4 is 4.57 Å². The van der Waals surface area contributed by atoms with E-state index >= 15 is 0 Å². The summed E-state index contributed by atoms with van der Waals surface area (Å²) in [6, 6.07) is 12.9. The van der Waals surface area contributed by atoms with Gasteiger partial charge in [0, 0.05) is 5.92 Å². The van der Waals surface area contributed by atoms with Crippen LogP contribution in [-0.2, 0) is 14.1 Å². The van der Waals surface area contributed by atoms with E-state index < -0.39 is 0 Å². The molecule has 122 valence electrons. The van der Waals surface area contributed by atoms with Gasteiger partial charge in [-0.1, -0.05) is 32.0 Å². The lowest BCUT2D eigenvalue weighted by molar-refractivity contribution is -0.634. The number of hydrogen-bond acceptors (Lipinski definition) is 2. The van der Waals surface area contributed by atoms with E-state index in [9.17, 15) is 0 Å². The first-order valence-corrected chi connectivity index (χ1v) is 9.14. The quantitative estimate of drug-likeness (QED) is 0.486. The highest BCUT2D eigenvalue weighted by Gasteiger charge is 2.26. The van der Waals surface area contributed by atoms with E-state index in [2.05, 4.69) is 80.4 Å². The lowest BCUT2D eigenvalue weighted by Gasteiger charge is -2.04. The fraction of sp³-hybridized carbons (Fsp3) is 0.300. The summed E-state index contributed by atoms with van der Waals surface area (Å²) in [4.78, 5) is 4.85. The van der Waals surface area contributed by atoms with Crippen LogP contribution in [-0.4, -0.2) is 9.55 Å². The highest BCUT2D eigenvalue weighted by atomic mass is 32.1. The molecule has 0 saturated heterocycles. The molecule has 4 heteroatoms. The minimum Gasteiger partial charge on any atom is -0.241 e. The van der Waals surface area contributed by atoms with Crippen molar-refractivity contribution >= 4 is 32.6 Å². The topological polar surface area (TPSA) is 21.7 Å². The number of fused-ring (bicyclic) bond motifs is 2. The number of nitrogens with zero attached hydrogens (tertiary/aromatic N) is 3. The summed E-state index contributed by atoms with van der Waals surface area (Å²) in [5.41, 5.74) is 6.20. The minimum atomic E-state index is 0.455. The molecule has 0 saturated carbocycles. The zero-order valence-electron chi connectivity index (χ0n) is 14.8. The van der Waals surface area contributed by atoms with Crippen LogP contribution in [0.2, 0.25) is 0 Å². The minimum absolute atomic E-state index is 0.455. The van der Waals surface area contributed by atoms with Crippen molar-refractivity contribution in [3.63, 3.8) is 0 Å². The highest BCUT2D eigenvalue weighted by molar-refractivity contribution is 7.19. The molecule has 2 aromatic heterocycles. The second-order valence-electron chi connectivity index (χ2n) is 6.74. The summed E-state index contributed by atoms with van der Waals surface area (Å²) in [5, 5.41) is 1.21. The number of hydrogen-bond donors (Lipinski definition) is 0. The molecular weight excluding hydrogens is 314 g/mol. The van der Waals surface area contributed by atoms with Crippen molar-refractivity contribution in [2.75, 3.05) is 0 Å². The number of thiazole rings is 1. The van der Waals surface area contributed by atoms with Gasteiger partial charge in [-0.05, 0) is 30.7 Å². The summed E-state index contributed by atoms with van der Waals surface area (Å²) in [6.07, 6.45) is 0. The normalized spacial score (nSPS) is 11.9. The molecule has 0 spiro atoms. The molecule has 0 amide bonds. The summed E-state index contributed by atoms with van der Waals surface area (Å²) in [6.45, 7) is 6.61. The molecule has 0 aliphatic heterocycles. The smallest absolute Gasteiger partial charge is 0.241 e. The molecule has 3 nitrogen and oxygen atoms in total. The SMILES string of the molecule is Cc1ccc2nc(C(C)C)sc2c1-c1n(C)c2ccccc2[n+]1C. The Morgan fingerprint density at radius 1 is 1.12 bits per heavy atom. The number of benzene rings is 2. The molecule has 4 aromatic rings. The van der Waals surface area contributed by atoms with Gasteiger partial charge in [-0.15, -0.1) is 11.3 Å². The first-order valence-electron chi connectivity index (χ1n) is 8.33. The van der Waals surface area contributed by atoms with Crippen LogP contribution in [0.1, 0.15) is 30.3 Å². The van der Waals surface area contributed by atoms with E-state index in [1.54, 1.807) is 0 Å². The Morgan fingerprint density at radius 2 is 1.88 bits per heavy atom. The molecule has 2 heterocycles. The molecule has 0 bridgehead atoms. The van der Waals surface area contributed by atoms with Gasteiger partial charge in [-0.3, -0.25) is 0 Å². The van der Waals surface area contributed by atoms with Gasteiger partial charge >= 0.3 is 0 Å². The molecule has 0 fully saturated rings. The summed E-state index contributed by atoms with van der Waals surface area (Å²) in [7, 11) is 4.31. The van der Waals surface area contributed by atoms with E-state index in [4.69, 9.17) is 4.98 Å². The van der Waals surface area contributed by atoms with Crippen LogP contribution in [0.15, 0.2) is 36.4 Å². The van der Waals surface area contributed by atoms with Crippen LogP contribution >= 0.6 is 11.3 Å². The maximum absolute atomic E-state index is 4.85. The fourth-order valence-electron chi connectivity index (χ4n) is 3.45. The van der Waals surface area contributed by atoms with Crippen LogP contribution in [0.5, 0.6) is 0 Å². The lowest BCUT2D eigenvalue weighted by atomic mass is 10.1. The van der Waals surface area contributed by atoms with E-state index in [1.807, 2.05) is 11.3 Å². The zero-order valence-corrected chi connectivity index (χ0v) is 15.6. The number of aromatic nitrogens is 3. The number of imidazole rings is 1. The fourth-order valence-corrected chi connectivity index (χ4v) is 4.61. The van der Waals surface area contributed by atoms with E-state index in [0.717, 1.165) is 5.52 Å². The van der Waals surface area contributed by atoms with Crippen LogP contribution in [0, 0.1) is 6.92 Å². The molecule has 0 aliphatic carbocycles. The van der Waals surface area contributed by atoms with E-state index in [1.165, 1.54) is 37.7 Å². The van der Waals surface area contributed by atoms with E-state index in [-0.39, 0.29) is 0 Å². The maximum Gasteiger partial charge on any atom is 0.291 e. The Balaban J connectivity index is 2.12. The Morgan fingerprint density at radius 3 is 2.58 bits per heavy atom. The molecule has 0 atom stereocenters.